The lowest BCUT2D eigenvalue weighted by molar-refractivity contribution is -0.112. The van der Waals surface area contributed by atoms with Gasteiger partial charge in [-0.1, -0.05) is 41.9 Å². The lowest BCUT2D eigenvalue weighted by atomic mass is 10.1. The van der Waals surface area contributed by atoms with Crippen LogP contribution in [-0.2, 0) is 4.79 Å². The molecule has 0 aliphatic rings. The average molecular weight is 341 g/mol. The van der Waals surface area contributed by atoms with Crippen molar-refractivity contribution in [3.05, 3.63) is 64.2 Å². The molecule has 5 heteroatoms. The SMILES string of the molecule is CCOc1ccccc1/C=C(\C#N)C(=O)Nc1c(C)cccc1Cl. The molecule has 4 nitrogen and oxygen atoms in total. The zero-order chi connectivity index (χ0) is 17.5. The third kappa shape index (κ3) is 4.15. The number of nitrogens with one attached hydrogen (secondary N) is 1. The summed E-state index contributed by atoms with van der Waals surface area (Å²) in [7, 11) is 0. The van der Waals surface area contributed by atoms with Crippen molar-refractivity contribution < 1.29 is 9.53 Å². The molecule has 2 rings (SSSR count). The van der Waals surface area contributed by atoms with Crippen molar-refractivity contribution in [2.24, 2.45) is 0 Å². The highest BCUT2D eigenvalue weighted by Gasteiger charge is 2.14. The topological polar surface area (TPSA) is 62.1 Å². The van der Waals surface area contributed by atoms with Gasteiger partial charge in [0.15, 0.2) is 0 Å². The quantitative estimate of drug-likeness (QED) is 0.639. The molecule has 0 unspecified atom stereocenters. The molecule has 0 spiro atoms. The van der Waals surface area contributed by atoms with Crippen molar-refractivity contribution in [3.8, 4) is 11.8 Å². The number of halogens is 1. The van der Waals surface area contributed by atoms with Crippen LogP contribution in [0.3, 0.4) is 0 Å². The fourth-order valence-corrected chi connectivity index (χ4v) is 2.43. The van der Waals surface area contributed by atoms with Gasteiger partial charge in [0.2, 0.25) is 0 Å². The number of carbonyl (C=O) groups excluding carboxylic acids is 1. The van der Waals surface area contributed by atoms with Crippen LogP contribution in [-0.4, -0.2) is 12.5 Å². The van der Waals surface area contributed by atoms with E-state index >= 15 is 0 Å². The number of ether oxygens (including phenoxy) is 1. The van der Waals surface area contributed by atoms with E-state index in [1.807, 2.05) is 38.1 Å². The molecule has 0 aliphatic carbocycles. The molecule has 1 N–H and O–H groups in total. The molecule has 0 radical (unpaired) electrons. The second-order valence-corrected chi connectivity index (χ2v) is 5.43. The number of anilines is 1. The van der Waals surface area contributed by atoms with E-state index in [0.717, 1.165) is 5.56 Å². The maximum Gasteiger partial charge on any atom is 0.266 e. The van der Waals surface area contributed by atoms with Gasteiger partial charge in [-0.3, -0.25) is 4.79 Å². The Morgan fingerprint density at radius 2 is 2.04 bits per heavy atom. The summed E-state index contributed by atoms with van der Waals surface area (Å²) in [6, 6.07) is 14.5. The zero-order valence-corrected chi connectivity index (χ0v) is 14.2. The molecule has 2 aromatic carbocycles. The summed E-state index contributed by atoms with van der Waals surface area (Å²) < 4.78 is 5.51. The second kappa shape index (κ2) is 8.19. The van der Waals surface area contributed by atoms with E-state index in [4.69, 9.17) is 16.3 Å². The Morgan fingerprint density at radius 3 is 2.71 bits per heavy atom. The Kier molecular flexibility index (Phi) is 6.00. The number of nitriles is 1. The fraction of sp³-hybridized carbons (Fsp3) is 0.158. The first-order chi connectivity index (χ1) is 11.6. The van der Waals surface area contributed by atoms with Crippen LogP contribution in [0, 0.1) is 18.3 Å². The highest BCUT2D eigenvalue weighted by molar-refractivity contribution is 6.34. The predicted octanol–water partition coefficient (Wildman–Crippen LogP) is 4.59. The van der Waals surface area contributed by atoms with Gasteiger partial charge < -0.3 is 10.1 Å². The van der Waals surface area contributed by atoms with Gasteiger partial charge in [0, 0.05) is 5.56 Å². The summed E-state index contributed by atoms with van der Waals surface area (Å²) in [6.07, 6.45) is 1.51. The van der Waals surface area contributed by atoms with Gasteiger partial charge in [-0.2, -0.15) is 5.26 Å². The Hall–Kier alpha value is -2.77. The summed E-state index contributed by atoms with van der Waals surface area (Å²) in [5.74, 6) is 0.106. The minimum Gasteiger partial charge on any atom is -0.493 e. The van der Waals surface area contributed by atoms with Gasteiger partial charge in [-0.15, -0.1) is 0 Å². The Morgan fingerprint density at radius 1 is 1.29 bits per heavy atom. The number of benzene rings is 2. The summed E-state index contributed by atoms with van der Waals surface area (Å²) in [4.78, 5) is 12.4. The minimum atomic E-state index is -0.514. The standard InChI is InChI=1S/C19H17ClN2O2/c1-3-24-17-10-5-4-8-14(17)11-15(12-21)19(23)22-18-13(2)7-6-9-16(18)20/h4-11H,3H2,1-2H3,(H,22,23)/b15-11+. The van der Waals surface area contributed by atoms with Gasteiger partial charge in [0.1, 0.15) is 17.4 Å². The largest absolute Gasteiger partial charge is 0.493 e. The van der Waals surface area contributed by atoms with Gasteiger partial charge in [-0.05, 0) is 37.6 Å². The number of hydrogen-bond acceptors (Lipinski definition) is 3. The van der Waals surface area contributed by atoms with Gasteiger partial charge in [0.05, 0.1) is 17.3 Å². The van der Waals surface area contributed by atoms with Crippen LogP contribution in [0.5, 0.6) is 5.75 Å². The molecule has 0 bridgehead atoms. The molecule has 122 valence electrons. The third-order valence-electron chi connectivity index (χ3n) is 3.34. The summed E-state index contributed by atoms with van der Waals surface area (Å²) >= 11 is 6.11. The van der Waals surface area contributed by atoms with Gasteiger partial charge >= 0.3 is 0 Å². The van der Waals surface area contributed by atoms with Crippen molar-refractivity contribution in [1.29, 1.82) is 5.26 Å². The summed E-state index contributed by atoms with van der Waals surface area (Å²) in [5, 5.41) is 12.5. The lowest BCUT2D eigenvalue weighted by Crippen LogP contribution is -2.14. The van der Waals surface area contributed by atoms with Crippen LogP contribution >= 0.6 is 11.6 Å². The molecule has 0 heterocycles. The number of nitrogens with zero attached hydrogens (tertiary/aromatic N) is 1. The normalized spacial score (nSPS) is 10.8. The summed E-state index contributed by atoms with van der Waals surface area (Å²) in [5.41, 5.74) is 1.97. The van der Waals surface area contributed by atoms with Crippen LogP contribution in [0.25, 0.3) is 6.08 Å². The van der Waals surface area contributed by atoms with E-state index in [0.29, 0.717) is 28.6 Å². The van der Waals surface area contributed by atoms with Crippen LogP contribution in [0.15, 0.2) is 48.0 Å². The lowest BCUT2D eigenvalue weighted by Gasteiger charge is -2.10. The van der Waals surface area contributed by atoms with E-state index in [9.17, 15) is 10.1 Å². The molecule has 0 saturated heterocycles. The van der Waals surface area contributed by atoms with E-state index < -0.39 is 5.91 Å². The molecule has 0 atom stereocenters. The molecular weight excluding hydrogens is 324 g/mol. The highest BCUT2D eigenvalue weighted by atomic mass is 35.5. The fourth-order valence-electron chi connectivity index (χ4n) is 2.16. The second-order valence-electron chi connectivity index (χ2n) is 5.03. The molecule has 1 amide bonds. The zero-order valence-electron chi connectivity index (χ0n) is 13.5. The van der Waals surface area contributed by atoms with E-state index in [1.54, 1.807) is 24.3 Å². The Bertz CT molecular complexity index is 802. The smallest absolute Gasteiger partial charge is 0.266 e. The molecular formula is C19H17ClN2O2. The van der Waals surface area contributed by atoms with Gasteiger partial charge in [0.25, 0.3) is 5.91 Å². The van der Waals surface area contributed by atoms with Crippen molar-refractivity contribution in [3.63, 3.8) is 0 Å². The van der Waals surface area contributed by atoms with E-state index in [1.165, 1.54) is 6.08 Å². The molecule has 0 aromatic heterocycles. The molecule has 0 fully saturated rings. The van der Waals surface area contributed by atoms with Crippen LogP contribution in [0.1, 0.15) is 18.1 Å². The van der Waals surface area contributed by atoms with Crippen LogP contribution in [0.2, 0.25) is 5.02 Å². The molecule has 0 saturated carbocycles. The molecule has 24 heavy (non-hydrogen) atoms. The van der Waals surface area contributed by atoms with Crippen molar-refractivity contribution in [2.75, 3.05) is 11.9 Å². The number of rotatable bonds is 5. The molecule has 0 aliphatic heterocycles. The van der Waals surface area contributed by atoms with Crippen molar-refractivity contribution in [1.82, 2.24) is 0 Å². The first kappa shape index (κ1) is 17.6. The Balaban J connectivity index is 2.32. The van der Waals surface area contributed by atoms with Crippen molar-refractivity contribution >= 4 is 29.3 Å². The summed E-state index contributed by atoms with van der Waals surface area (Å²) in [6.45, 7) is 4.21. The monoisotopic (exact) mass is 340 g/mol. The van der Waals surface area contributed by atoms with Crippen molar-refractivity contribution in [2.45, 2.75) is 13.8 Å². The first-order valence-electron chi connectivity index (χ1n) is 7.47. The number of amides is 1. The third-order valence-corrected chi connectivity index (χ3v) is 3.66. The molecule has 2 aromatic rings. The number of para-hydroxylation sites is 2. The predicted molar refractivity (Wildman–Crippen MR) is 96.0 cm³/mol. The average Bonchev–Trinajstić information content (AvgIpc) is 2.57. The van der Waals surface area contributed by atoms with E-state index in [-0.39, 0.29) is 5.57 Å². The van der Waals surface area contributed by atoms with E-state index in [2.05, 4.69) is 5.32 Å². The van der Waals surface area contributed by atoms with Gasteiger partial charge in [-0.25, -0.2) is 0 Å². The first-order valence-corrected chi connectivity index (χ1v) is 7.84. The number of hydrogen-bond donors (Lipinski definition) is 1. The number of carbonyl (C=O) groups is 1. The maximum absolute atomic E-state index is 12.4. The minimum absolute atomic E-state index is 0.0264. The number of aryl methyl sites for hydroxylation is 1. The highest BCUT2D eigenvalue weighted by Crippen LogP contribution is 2.26. The Labute approximate surface area is 146 Å². The van der Waals surface area contributed by atoms with Crippen LogP contribution < -0.4 is 10.1 Å². The van der Waals surface area contributed by atoms with Crippen LogP contribution in [0.4, 0.5) is 5.69 Å². The maximum atomic E-state index is 12.4.